The van der Waals surface area contributed by atoms with Gasteiger partial charge in [0.15, 0.2) is 0 Å². The highest BCUT2D eigenvalue weighted by molar-refractivity contribution is 6.01. The number of benzene rings is 1. The largest absolute Gasteiger partial charge is 0.393 e. The molecule has 2 rings (SSSR count). The van der Waals surface area contributed by atoms with E-state index in [1.807, 2.05) is 7.05 Å². The lowest BCUT2D eigenvalue weighted by Crippen LogP contribution is -2.42. The van der Waals surface area contributed by atoms with Crippen LogP contribution < -0.4 is 11.1 Å². The van der Waals surface area contributed by atoms with E-state index in [4.69, 9.17) is 5.73 Å². The Bertz CT molecular complexity index is 545. The summed E-state index contributed by atoms with van der Waals surface area (Å²) in [5.74, 6) is 0.185. The lowest BCUT2D eigenvalue weighted by molar-refractivity contribution is -0.383. The van der Waals surface area contributed by atoms with Crippen LogP contribution in [0.25, 0.3) is 0 Å². The van der Waals surface area contributed by atoms with Crippen LogP contribution in [0.4, 0.5) is 11.4 Å². The predicted molar refractivity (Wildman–Crippen MR) is 80.1 cm³/mol. The first-order valence-electron chi connectivity index (χ1n) is 7.01. The minimum atomic E-state index is -0.563. The van der Waals surface area contributed by atoms with Crippen LogP contribution in [0.15, 0.2) is 18.2 Å². The number of carbonyl (C=O) groups is 1. The number of anilines is 1. The molecule has 1 aromatic carbocycles. The van der Waals surface area contributed by atoms with Crippen molar-refractivity contribution in [2.75, 3.05) is 32.4 Å². The number of nitro benzene ring substituents is 1. The molecular formula is C14H20N4O3. The molecule has 1 unspecified atom stereocenters. The second kappa shape index (κ2) is 6.53. The fourth-order valence-corrected chi connectivity index (χ4v) is 2.77. The first-order chi connectivity index (χ1) is 10.0. The molecule has 1 aliphatic heterocycles. The number of amides is 1. The number of carbonyl (C=O) groups excluding carboxylic acids is 1. The van der Waals surface area contributed by atoms with Gasteiger partial charge in [0.25, 0.3) is 11.6 Å². The molecule has 1 fully saturated rings. The molecule has 0 saturated carbocycles. The number of nitrogen functional groups attached to an aromatic ring is 1. The van der Waals surface area contributed by atoms with E-state index in [9.17, 15) is 14.9 Å². The van der Waals surface area contributed by atoms with E-state index >= 15 is 0 Å². The molecule has 21 heavy (non-hydrogen) atoms. The lowest BCUT2D eigenvalue weighted by atomic mass is 9.97. The number of nitrogens with one attached hydrogen (secondary N) is 1. The maximum Gasteiger partial charge on any atom is 0.292 e. The van der Waals surface area contributed by atoms with Crippen molar-refractivity contribution in [2.24, 2.45) is 5.92 Å². The zero-order chi connectivity index (χ0) is 15.4. The van der Waals surface area contributed by atoms with Crippen molar-refractivity contribution in [3.8, 4) is 0 Å². The van der Waals surface area contributed by atoms with Crippen LogP contribution >= 0.6 is 0 Å². The first-order valence-corrected chi connectivity index (χ1v) is 7.01. The van der Waals surface area contributed by atoms with Gasteiger partial charge in [-0.1, -0.05) is 6.07 Å². The number of nitrogens with zero attached hydrogens (tertiary/aromatic N) is 2. The number of nitrogens with two attached hydrogens (primary N) is 1. The summed E-state index contributed by atoms with van der Waals surface area (Å²) in [4.78, 5) is 24.6. The van der Waals surface area contributed by atoms with Crippen LogP contribution in [-0.4, -0.2) is 42.4 Å². The van der Waals surface area contributed by atoms with Crippen LogP contribution in [-0.2, 0) is 0 Å². The van der Waals surface area contributed by atoms with E-state index in [0.29, 0.717) is 19.0 Å². The van der Waals surface area contributed by atoms with Crippen LogP contribution in [0.1, 0.15) is 23.2 Å². The highest BCUT2D eigenvalue weighted by Crippen LogP contribution is 2.27. The van der Waals surface area contributed by atoms with E-state index in [1.54, 1.807) is 11.0 Å². The Morgan fingerprint density at radius 2 is 2.33 bits per heavy atom. The maximum absolute atomic E-state index is 12.5. The third-order valence-electron chi connectivity index (χ3n) is 3.81. The highest BCUT2D eigenvalue weighted by Gasteiger charge is 2.27. The summed E-state index contributed by atoms with van der Waals surface area (Å²) in [5.41, 5.74) is 5.73. The molecule has 7 heteroatoms. The maximum atomic E-state index is 12.5. The third kappa shape index (κ3) is 3.30. The molecule has 0 aromatic heterocycles. The second-order valence-corrected chi connectivity index (χ2v) is 5.31. The Morgan fingerprint density at radius 3 is 3.00 bits per heavy atom. The van der Waals surface area contributed by atoms with Crippen molar-refractivity contribution in [2.45, 2.75) is 12.8 Å². The molecule has 1 heterocycles. The predicted octanol–water partition coefficient (Wildman–Crippen LogP) is 1.25. The van der Waals surface area contributed by atoms with E-state index in [-0.39, 0.29) is 22.8 Å². The number of hydrogen-bond donors (Lipinski definition) is 2. The zero-order valence-corrected chi connectivity index (χ0v) is 12.0. The van der Waals surface area contributed by atoms with Crippen molar-refractivity contribution in [1.82, 2.24) is 10.2 Å². The topological polar surface area (TPSA) is 102 Å². The molecule has 1 aromatic rings. The van der Waals surface area contributed by atoms with Crippen molar-refractivity contribution < 1.29 is 9.72 Å². The van der Waals surface area contributed by atoms with Gasteiger partial charge in [-0.05, 0) is 38.4 Å². The van der Waals surface area contributed by atoms with Gasteiger partial charge < -0.3 is 16.0 Å². The van der Waals surface area contributed by atoms with Crippen LogP contribution in [0.5, 0.6) is 0 Å². The van der Waals surface area contributed by atoms with Crippen LogP contribution in [0.2, 0.25) is 0 Å². The molecule has 3 N–H and O–H groups in total. The van der Waals surface area contributed by atoms with Gasteiger partial charge in [0, 0.05) is 19.2 Å². The minimum Gasteiger partial charge on any atom is -0.393 e. The molecule has 0 bridgehead atoms. The smallest absolute Gasteiger partial charge is 0.292 e. The summed E-state index contributed by atoms with van der Waals surface area (Å²) >= 11 is 0. The number of para-hydroxylation sites is 1. The molecule has 0 spiro atoms. The van der Waals surface area contributed by atoms with Gasteiger partial charge in [-0.15, -0.1) is 0 Å². The van der Waals surface area contributed by atoms with Crippen LogP contribution in [0.3, 0.4) is 0 Å². The van der Waals surface area contributed by atoms with Gasteiger partial charge in [0.2, 0.25) is 0 Å². The third-order valence-corrected chi connectivity index (χ3v) is 3.81. The lowest BCUT2D eigenvalue weighted by Gasteiger charge is -2.33. The monoisotopic (exact) mass is 292 g/mol. The SMILES string of the molecule is CNCC1CCCN(C(=O)c2cccc([N+](=O)[O-])c2N)C1. The van der Waals surface area contributed by atoms with E-state index in [1.165, 1.54) is 12.1 Å². The number of hydrogen-bond acceptors (Lipinski definition) is 5. The summed E-state index contributed by atoms with van der Waals surface area (Å²) in [6.45, 7) is 2.18. The molecule has 114 valence electrons. The van der Waals surface area contributed by atoms with E-state index in [0.717, 1.165) is 19.4 Å². The Labute approximate surface area is 123 Å². The van der Waals surface area contributed by atoms with Gasteiger partial charge in [0.1, 0.15) is 5.69 Å². The zero-order valence-electron chi connectivity index (χ0n) is 12.0. The number of piperidine rings is 1. The van der Waals surface area contributed by atoms with Crippen molar-refractivity contribution >= 4 is 17.3 Å². The average Bonchev–Trinajstić information content (AvgIpc) is 2.47. The van der Waals surface area contributed by atoms with Crippen molar-refractivity contribution in [3.05, 3.63) is 33.9 Å². The Hall–Kier alpha value is -2.15. The van der Waals surface area contributed by atoms with Gasteiger partial charge in [-0.3, -0.25) is 14.9 Å². The van der Waals surface area contributed by atoms with Gasteiger partial charge >= 0.3 is 0 Å². The molecule has 0 aliphatic carbocycles. The second-order valence-electron chi connectivity index (χ2n) is 5.31. The fourth-order valence-electron chi connectivity index (χ4n) is 2.77. The molecule has 0 radical (unpaired) electrons. The minimum absolute atomic E-state index is 0.0526. The quantitative estimate of drug-likeness (QED) is 0.494. The molecule has 1 aliphatic rings. The standard InChI is InChI=1S/C14H20N4O3/c1-16-8-10-4-3-7-17(9-10)14(19)11-5-2-6-12(13(11)15)18(20)21/h2,5-6,10,16H,3-4,7-9,15H2,1H3. The Kier molecular flexibility index (Phi) is 4.74. The fraction of sp³-hybridized carbons (Fsp3) is 0.500. The number of nitro groups is 1. The van der Waals surface area contributed by atoms with E-state index in [2.05, 4.69) is 5.32 Å². The van der Waals surface area contributed by atoms with Gasteiger partial charge in [0.05, 0.1) is 10.5 Å². The van der Waals surface area contributed by atoms with Gasteiger partial charge in [-0.25, -0.2) is 0 Å². The summed E-state index contributed by atoms with van der Waals surface area (Å²) in [6.07, 6.45) is 2.02. The molecule has 1 amide bonds. The summed E-state index contributed by atoms with van der Waals surface area (Å²) in [6, 6.07) is 4.36. The summed E-state index contributed by atoms with van der Waals surface area (Å²) < 4.78 is 0. The Morgan fingerprint density at radius 1 is 1.57 bits per heavy atom. The Balaban J connectivity index is 2.20. The van der Waals surface area contributed by atoms with Crippen molar-refractivity contribution in [3.63, 3.8) is 0 Å². The first kappa shape index (κ1) is 15.2. The highest BCUT2D eigenvalue weighted by atomic mass is 16.6. The summed E-state index contributed by atoms with van der Waals surface area (Å²) in [7, 11) is 1.89. The van der Waals surface area contributed by atoms with Crippen LogP contribution in [0, 0.1) is 16.0 Å². The molecule has 1 saturated heterocycles. The molecular weight excluding hydrogens is 272 g/mol. The molecule has 1 atom stereocenters. The number of rotatable bonds is 4. The number of likely N-dealkylation sites (tertiary alicyclic amines) is 1. The molecule has 7 nitrogen and oxygen atoms in total. The van der Waals surface area contributed by atoms with Crippen molar-refractivity contribution in [1.29, 1.82) is 0 Å². The van der Waals surface area contributed by atoms with E-state index < -0.39 is 4.92 Å². The van der Waals surface area contributed by atoms with Gasteiger partial charge in [-0.2, -0.15) is 0 Å². The average molecular weight is 292 g/mol. The normalized spacial score (nSPS) is 18.5. The summed E-state index contributed by atoms with van der Waals surface area (Å²) in [5, 5.41) is 14.0.